The van der Waals surface area contributed by atoms with Crippen molar-refractivity contribution < 1.29 is 0 Å². The van der Waals surface area contributed by atoms with E-state index < -0.39 is 0 Å². The van der Waals surface area contributed by atoms with Gasteiger partial charge in [0.2, 0.25) is 0 Å². The van der Waals surface area contributed by atoms with Crippen molar-refractivity contribution in [3.8, 4) is 11.1 Å². The van der Waals surface area contributed by atoms with Crippen LogP contribution in [-0.2, 0) is 0 Å². The van der Waals surface area contributed by atoms with Crippen LogP contribution >= 0.6 is 0 Å². The number of aromatic nitrogens is 3. The third-order valence-corrected chi connectivity index (χ3v) is 2.79. The highest BCUT2D eigenvalue weighted by Gasteiger charge is 2.11. The molecule has 3 aromatic rings. The van der Waals surface area contributed by atoms with Crippen LogP contribution in [0.15, 0.2) is 47.4 Å². The average Bonchev–Trinajstić information content (AvgIpc) is 3.10. The van der Waals surface area contributed by atoms with Crippen LogP contribution in [0.3, 0.4) is 0 Å². The molecule has 0 saturated heterocycles. The Morgan fingerprint density at radius 1 is 0.917 bits per heavy atom. The predicted octanol–water partition coefficient (Wildman–Crippen LogP) is 5.71. The number of hydrogen-bond donors (Lipinski definition) is 1. The lowest BCUT2D eigenvalue weighted by Crippen LogP contribution is -2.18. The molecule has 24 heavy (non-hydrogen) atoms. The summed E-state index contributed by atoms with van der Waals surface area (Å²) in [6, 6.07) is 11.4. The van der Waals surface area contributed by atoms with Gasteiger partial charge in [-0.05, 0) is 12.5 Å². The number of aryl methyl sites for hydroxylation is 1. The van der Waals surface area contributed by atoms with Crippen LogP contribution < -0.4 is 5.56 Å². The van der Waals surface area contributed by atoms with Gasteiger partial charge in [0.05, 0.1) is 11.3 Å². The first-order valence-electron chi connectivity index (χ1n) is 8.39. The summed E-state index contributed by atoms with van der Waals surface area (Å²) in [6.07, 6.45) is 1.71. The second-order valence-corrected chi connectivity index (χ2v) is 3.90. The van der Waals surface area contributed by atoms with Gasteiger partial charge in [-0.3, -0.25) is 9.89 Å². The van der Waals surface area contributed by atoms with Crippen LogP contribution in [0.4, 0.5) is 0 Å². The van der Waals surface area contributed by atoms with Crippen LogP contribution in [0.5, 0.6) is 0 Å². The van der Waals surface area contributed by atoms with Gasteiger partial charge in [0.1, 0.15) is 0 Å². The van der Waals surface area contributed by atoms with Gasteiger partial charge < -0.3 is 0 Å². The van der Waals surface area contributed by atoms with E-state index in [-0.39, 0.29) is 13.0 Å². The first-order valence-corrected chi connectivity index (χ1v) is 8.39. The molecule has 0 aliphatic heterocycles. The topological polar surface area (TPSA) is 50.2 Å². The summed E-state index contributed by atoms with van der Waals surface area (Å²) in [5.74, 6) is 0. The Hall–Kier alpha value is -2.36. The number of aromatic amines is 1. The summed E-state index contributed by atoms with van der Waals surface area (Å²) < 4.78 is 1.45. The number of benzene rings is 1. The predicted molar refractivity (Wildman–Crippen MR) is 107 cm³/mol. The van der Waals surface area contributed by atoms with Gasteiger partial charge in [0.25, 0.3) is 5.56 Å². The number of rotatable bonds is 1. The van der Waals surface area contributed by atoms with Gasteiger partial charge in [0, 0.05) is 12.3 Å². The minimum absolute atomic E-state index is 0. The van der Waals surface area contributed by atoms with E-state index in [9.17, 15) is 4.79 Å². The standard InChI is InChI=1S/C13H11N3O.3C2H6.CH4/c1-9-12(10-5-3-2-4-6-10)13(17)16-11(15-9)7-8-14-16;3*1-2;/h2-8,14H,1H3;3*1-2H3;1H4. The molecular weight excluding hydrogens is 298 g/mol. The van der Waals surface area contributed by atoms with Gasteiger partial charge >= 0.3 is 0 Å². The molecule has 2 aromatic heterocycles. The molecule has 0 aliphatic carbocycles. The summed E-state index contributed by atoms with van der Waals surface area (Å²) in [6.45, 7) is 13.9. The molecule has 1 aromatic carbocycles. The number of hydrogen-bond acceptors (Lipinski definition) is 2. The van der Waals surface area contributed by atoms with Crippen molar-refractivity contribution in [2.24, 2.45) is 0 Å². The zero-order valence-electron chi connectivity index (χ0n) is 15.3. The van der Waals surface area contributed by atoms with Crippen molar-refractivity contribution >= 4 is 5.65 Å². The molecule has 0 unspecified atom stereocenters. The Morgan fingerprint density at radius 2 is 1.46 bits per heavy atom. The highest BCUT2D eigenvalue weighted by atomic mass is 16.1. The normalized spacial score (nSPS) is 8.46. The van der Waals surface area contributed by atoms with E-state index in [1.807, 2.05) is 78.8 Å². The van der Waals surface area contributed by atoms with Crippen molar-refractivity contribution in [2.45, 2.75) is 55.9 Å². The second-order valence-electron chi connectivity index (χ2n) is 3.90. The molecule has 3 rings (SSSR count). The van der Waals surface area contributed by atoms with Gasteiger partial charge in [0.15, 0.2) is 5.65 Å². The Labute approximate surface area is 146 Å². The van der Waals surface area contributed by atoms with E-state index in [0.717, 1.165) is 11.3 Å². The molecule has 0 saturated carbocycles. The van der Waals surface area contributed by atoms with Gasteiger partial charge in [-0.15, -0.1) is 0 Å². The molecule has 0 spiro atoms. The quantitative estimate of drug-likeness (QED) is 0.620. The van der Waals surface area contributed by atoms with E-state index in [1.165, 1.54) is 4.52 Å². The number of nitrogens with one attached hydrogen (secondary N) is 1. The molecular formula is C20H33N3O. The lowest BCUT2D eigenvalue weighted by atomic mass is 10.1. The monoisotopic (exact) mass is 331 g/mol. The maximum Gasteiger partial charge on any atom is 0.280 e. The van der Waals surface area contributed by atoms with Crippen molar-refractivity contribution in [1.29, 1.82) is 0 Å². The third-order valence-electron chi connectivity index (χ3n) is 2.79. The smallest absolute Gasteiger partial charge is 0.280 e. The molecule has 4 nitrogen and oxygen atoms in total. The van der Waals surface area contributed by atoms with Crippen molar-refractivity contribution in [3.05, 3.63) is 58.6 Å². The minimum atomic E-state index is -0.0660. The number of fused-ring (bicyclic) bond motifs is 1. The van der Waals surface area contributed by atoms with Crippen molar-refractivity contribution in [1.82, 2.24) is 14.6 Å². The molecule has 0 radical (unpaired) electrons. The molecule has 4 heteroatoms. The van der Waals surface area contributed by atoms with E-state index in [0.29, 0.717) is 11.2 Å². The highest BCUT2D eigenvalue weighted by molar-refractivity contribution is 5.66. The largest absolute Gasteiger partial charge is 0.297 e. The van der Waals surface area contributed by atoms with Crippen LogP contribution in [0.2, 0.25) is 0 Å². The molecule has 1 N–H and O–H groups in total. The maximum absolute atomic E-state index is 12.3. The zero-order chi connectivity index (χ0) is 17.8. The summed E-state index contributed by atoms with van der Waals surface area (Å²) in [5, 5.41) is 2.87. The third kappa shape index (κ3) is 5.37. The van der Waals surface area contributed by atoms with E-state index in [1.54, 1.807) is 12.3 Å². The van der Waals surface area contributed by atoms with Crippen molar-refractivity contribution in [2.75, 3.05) is 0 Å². The van der Waals surface area contributed by atoms with E-state index in [2.05, 4.69) is 10.1 Å². The number of H-pyrrole nitrogens is 1. The first kappa shape index (κ1) is 23.9. The molecule has 2 heterocycles. The van der Waals surface area contributed by atoms with E-state index in [4.69, 9.17) is 0 Å². The molecule has 134 valence electrons. The number of nitrogens with zero attached hydrogens (tertiary/aromatic N) is 2. The van der Waals surface area contributed by atoms with E-state index >= 15 is 0 Å². The van der Waals surface area contributed by atoms with Crippen LogP contribution in [0.1, 0.15) is 54.7 Å². The van der Waals surface area contributed by atoms with Crippen LogP contribution in [0.25, 0.3) is 16.8 Å². The van der Waals surface area contributed by atoms with Gasteiger partial charge in [-0.1, -0.05) is 79.3 Å². The molecule has 0 bridgehead atoms. The van der Waals surface area contributed by atoms with Gasteiger partial charge in [-0.25, -0.2) is 9.50 Å². The molecule has 0 atom stereocenters. The fraction of sp³-hybridized carbons (Fsp3) is 0.400. The minimum Gasteiger partial charge on any atom is -0.297 e. The average molecular weight is 332 g/mol. The lowest BCUT2D eigenvalue weighted by molar-refractivity contribution is 0.893. The maximum atomic E-state index is 12.3. The van der Waals surface area contributed by atoms with Crippen LogP contribution in [0, 0.1) is 6.92 Å². The lowest BCUT2D eigenvalue weighted by Gasteiger charge is -2.05. The van der Waals surface area contributed by atoms with Gasteiger partial charge in [-0.2, -0.15) is 0 Å². The van der Waals surface area contributed by atoms with Crippen LogP contribution in [-0.4, -0.2) is 14.6 Å². The second kappa shape index (κ2) is 13.1. The Balaban J connectivity index is 0. The Morgan fingerprint density at radius 3 is 2.00 bits per heavy atom. The summed E-state index contributed by atoms with van der Waals surface area (Å²) >= 11 is 0. The summed E-state index contributed by atoms with van der Waals surface area (Å²) in [4.78, 5) is 16.7. The molecule has 0 fully saturated rings. The zero-order valence-corrected chi connectivity index (χ0v) is 15.3. The Bertz CT molecular complexity index is 727. The first-order chi connectivity index (χ1) is 11.3. The summed E-state index contributed by atoms with van der Waals surface area (Å²) in [5.41, 5.74) is 2.87. The SMILES string of the molecule is C.CC.CC.CC.Cc1nc2cc[nH]n2c(=O)c1-c1ccccc1. The highest BCUT2D eigenvalue weighted by Crippen LogP contribution is 2.17. The molecule has 0 aliphatic rings. The summed E-state index contributed by atoms with van der Waals surface area (Å²) in [7, 11) is 0. The molecule has 0 amide bonds. The Kier molecular flexibility index (Phi) is 13.1. The fourth-order valence-corrected chi connectivity index (χ4v) is 2.01. The fourth-order valence-electron chi connectivity index (χ4n) is 2.01. The van der Waals surface area contributed by atoms with Crippen molar-refractivity contribution in [3.63, 3.8) is 0 Å².